The van der Waals surface area contributed by atoms with Gasteiger partial charge >= 0.3 is 0 Å². The summed E-state index contributed by atoms with van der Waals surface area (Å²) in [5, 5.41) is 4.53. The van der Waals surface area contributed by atoms with Crippen molar-refractivity contribution >= 4 is 63.7 Å². The van der Waals surface area contributed by atoms with E-state index in [-0.39, 0.29) is 5.11 Å². The van der Waals surface area contributed by atoms with Crippen molar-refractivity contribution < 1.29 is 9.53 Å². The van der Waals surface area contributed by atoms with Gasteiger partial charge in [0.1, 0.15) is 5.75 Å². The van der Waals surface area contributed by atoms with Gasteiger partial charge in [0, 0.05) is 15.7 Å². The van der Waals surface area contributed by atoms with Crippen LogP contribution in [0.3, 0.4) is 0 Å². The number of benzene rings is 2. The Morgan fingerprint density at radius 2 is 1.68 bits per heavy atom. The first-order valence-electron chi connectivity index (χ1n) is 7.09. The van der Waals surface area contributed by atoms with Crippen LogP contribution in [-0.4, -0.2) is 17.1 Å². The molecular formula is C16H14Cl3N3O2S. The molecule has 1 amide bonds. The number of hydrogen-bond donors (Lipinski definition) is 3. The predicted octanol–water partition coefficient (Wildman–Crippen LogP) is 4.43. The average Bonchev–Trinajstić information content (AvgIpc) is 2.57. The zero-order valence-corrected chi connectivity index (χ0v) is 16.1. The summed E-state index contributed by atoms with van der Waals surface area (Å²) in [6, 6.07) is 11.7. The molecule has 0 bridgehead atoms. The van der Waals surface area contributed by atoms with Gasteiger partial charge in [-0.1, -0.05) is 34.8 Å². The van der Waals surface area contributed by atoms with Crippen LogP contribution in [-0.2, 0) is 4.79 Å². The molecule has 5 nitrogen and oxygen atoms in total. The summed E-state index contributed by atoms with van der Waals surface area (Å²) in [5.74, 6) is -0.0677. The lowest BCUT2D eigenvalue weighted by Crippen LogP contribution is -2.48. The first-order chi connectivity index (χ1) is 11.8. The maximum Gasteiger partial charge on any atom is 0.279 e. The van der Waals surface area contributed by atoms with Gasteiger partial charge in [-0.3, -0.25) is 15.6 Å². The number of thiocarbonyl (C=S) groups is 1. The van der Waals surface area contributed by atoms with E-state index in [1.807, 2.05) is 0 Å². The lowest BCUT2D eigenvalue weighted by atomic mass is 10.3. The van der Waals surface area contributed by atoms with Crippen molar-refractivity contribution in [1.29, 1.82) is 0 Å². The van der Waals surface area contributed by atoms with E-state index in [9.17, 15) is 4.79 Å². The zero-order chi connectivity index (χ0) is 18.4. The first kappa shape index (κ1) is 19.6. The fraction of sp³-hybridized carbons (Fsp3) is 0.125. The summed E-state index contributed by atoms with van der Waals surface area (Å²) in [7, 11) is 0. The number of carbonyl (C=O) groups excluding carboxylic acids is 1. The number of hydrazine groups is 1. The van der Waals surface area contributed by atoms with Crippen LogP contribution < -0.4 is 20.9 Å². The number of hydrogen-bond acceptors (Lipinski definition) is 3. The largest absolute Gasteiger partial charge is 0.479 e. The van der Waals surface area contributed by atoms with E-state index in [4.69, 9.17) is 51.8 Å². The van der Waals surface area contributed by atoms with Gasteiger partial charge in [-0.15, -0.1) is 0 Å². The highest BCUT2D eigenvalue weighted by Crippen LogP contribution is 2.28. The van der Waals surface area contributed by atoms with Crippen molar-refractivity contribution in [3.63, 3.8) is 0 Å². The normalized spacial score (nSPS) is 11.4. The zero-order valence-electron chi connectivity index (χ0n) is 13.0. The SMILES string of the molecule is CC(Oc1ccc(Cl)cc1Cl)C(=O)NNC(=S)Nc1ccc(Cl)cc1. The van der Waals surface area contributed by atoms with Gasteiger partial charge in [-0.25, -0.2) is 0 Å². The molecule has 0 spiro atoms. The molecule has 0 heterocycles. The summed E-state index contributed by atoms with van der Waals surface area (Å²) in [6.45, 7) is 1.58. The van der Waals surface area contributed by atoms with E-state index in [0.717, 1.165) is 5.69 Å². The van der Waals surface area contributed by atoms with E-state index in [1.165, 1.54) is 6.07 Å². The predicted molar refractivity (Wildman–Crippen MR) is 106 cm³/mol. The summed E-state index contributed by atoms with van der Waals surface area (Å²) >= 11 is 22.7. The summed E-state index contributed by atoms with van der Waals surface area (Å²) in [5.41, 5.74) is 5.77. The summed E-state index contributed by atoms with van der Waals surface area (Å²) < 4.78 is 5.50. The standard InChI is InChI=1S/C16H14Cl3N3O2S/c1-9(24-14-7-4-11(18)8-13(14)19)15(23)21-22-16(25)20-12-5-2-10(17)3-6-12/h2-9H,1H3,(H,21,23)(H2,20,22,25). The van der Waals surface area contributed by atoms with Crippen molar-refractivity contribution in [1.82, 2.24) is 10.9 Å². The van der Waals surface area contributed by atoms with Crippen LogP contribution in [0.5, 0.6) is 5.75 Å². The number of nitrogens with one attached hydrogen (secondary N) is 3. The molecule has 9 heteroatoms. The van der Waals surface area contributed by atoms with Crippen LogP contribution in [0.25, 0.3) is 0 Å². The molecule has 0 saturated carbocycles. The highest BCUT2D eigenvalue weighted by Gasteiger charge is 2.16. The average molecular weight is 419 g/mol. The molecule has 2 aromatic carbocycles. The second kappa shape index (κ2) is 9.10. The smallest absolute Gasteiger partial charge is 0.279 e. The lowest BCUT2D eigenvalue weighted by Gasteiger charge is -2.17. The molecule has 1 unspecified atom stereocenters. The Labute approximate surface area is 165 Å². The minimum absolute atomic E-state index is 0.215. The minimum Gasteiger partial charge on any atom is -0.479 e. The maximum absolute atomic E-state index is 12.1. The molecule has 25 heavy (non-hydrogen) atoms. The molecule has 3 N–H and O–H groups in total. The van der Waals surface area contributed by atoms with Crippen LogP contribution in [0, 0.1) is 0 Å². The topological polar surface area (TPSA) is 62.4 Å². The summed E-state index contributed by atoms with van der Waals surface area (Å²) in [4.78, 5) is 12.1. The van der Waals surface area contributed by atoms with Crippen LogP contribution in [0.4, 0.5) is 5.69 Å². The third kappa shape index (κ3) is 6.25. The fourth-order valence-corrected chi connectivity index (χ4v) is 2.48. The molecule has 0 aliphatic heterocycles. The molecule has 1 atom stereocenters. The minimum atomic E-state index is -0.801. The Balaban J connectivity index is 1.82. The summed E-state index contributed by atoms with van der Waals surface area (Å²) in [6.07, 6.45) is -0.801. The van der Waals surface area contributed by atoms with Crippen LogP contribution in [0.15, 0.2) is 42.5 Å². The van der Waals surface area contributed by atoms with Gasteiger partial charge in [0.2, 0.25) is 0 Å². The number of halogens is 3. The van der Waals surface area contributed by atoms with E-state index < -0.39 is 12.0 Å². The van der Waals surface area contributed by atoms with Crippen LogP contribution >= 0.6 is 47.0 Å². The second-order valence-electron chi connectivity index (χ2n) is 4.91. The van der Waals surface area contributed by atoms with E-state index in [0.29, 0.717) is 20.8 Å². The van der Waals surface area contributed by atoms with Gasteiger partial charge in [0.05, 0.1) is 5.02 Å². The number of carbonyl (C=O) groups is 1. The molecule has 0 aromatic heterocycles. The second-order valence-corrected chi connectivity index (χ2v) is 6.60. The van der Waals surface area contributed by atoms with Gasteiger partial charge in [0.25, 0.3) is 5.91 Å². The molecule has 2 rings (SSSR count). The Kier molecular flexibility index (Phi) is 7.13. The van der Waals surface area contributed by atoms with E-state index in [2.05, 4.69) is 16.2 Å². The Bertz CT molecular complexity index is 772. The Morgan fingerprint density at radius 3 is 2.32 bits per heavy atom. The Hall–Kier alpha value is -1.73. The maximum atomic E-state index is 12.1. The molecule has 0 aliphatic carbocycles. The fourth-order valence-electron chi connectivity index (χ4n) is 1.73. The molecule has 0 radical (unpaired) electrons. The monoisotopic (exact) mass is 417 g/mol. The van der Waals surface area contributed by atoms with Gasteiger partial charge in [-0.2, -0.15) is 0 Å². The third-order valence-corrected chi connectivity index (χ3v) is 3.95. The molecule has 0 fully saturated rings. The van der Waals surface area contributed by atoms with Crippen molar-refractivity contribution in [3.05, 3.63) is 57.5 Å². The van der Waals surface area contributed by atoms with Crippen molar-refractivity contribution in [3.8, 4) is 5.75 Å². The number of anilines is 1. The molecule has 132 valence electrons. The van der Waals surface area contributed by atoms with E-state index >= 15 is 0 Å². The van der Waals surface area contributed by atoms with Crippen LogP contribution in [0.1, 0.15) is 6.92 Å². The molecule has 0 aliphatic rings. The van der Waals surface area contributed by atoms with Crippen molar-refractivity contribution in [2.75, 3.05) is 5.32 Å². The first-order valence-corrected chi connectivity index (χ1v) is 8.63. The van der Waals surface area contributed by atoms with Crippen molar-refractivity contribution in [2.45, 2.75) is 13.0 Å². The molecule has 2 aromatic rings. The van der Waals surface area contributed by atoms with Gasteiger partial charge in [0.15, 0.2) is 11.2 Å². The highest BCUT2D eigenvalue weighted by atomic mass is 35.5. The third-order valence-electron chi connectivity index (χ3n) is 2.97. The quantitative estimate of drug-likeness (QED) is 0.506. The lowest BCUT2D eigenvalue weighted by molar-refractivity contribution is -0.127. The van der Waals surface area contributed by atoms with E-state index in [1.54, 1.807) is 43.3 Å². The van der Waals surface area contributed by atoms with Crippen molar-refractivity contribution in [2.24, 2.45) is 0 Å². The van der Waals surface area contributed by atoms with Gasteiger partial charge < -0.3 is 10.1 Å². The van der Waals surface area contributed by atoms with Crippen LogP contribution in [0.2, 0.25) is 15.1 Å². The number of rotatable bonds is 4. The number of amides is 1. The number of ether oxygens (including phenoxy) is 1. The molecular weight excluding hydrogens is 405 g/mol. The highest BCUT2D eigenvalue weighted by molar-refractivity contribution is 7.80. The molecule has 0 saturated heterocycles. The Morgan fingerprint density at radius 1 is 1.04 bits per heavy atom. The van der Waals surface area contributed by atoms with Gasteiger partial charge in [-0.05, 0) is 61.6 Å².